The van der Waals surface area contributed by atoms with E-state index in [9.17, 15) is 0 Å². The lowest BCUT2D eigenvalue weighted by Gasteiger charge is -2.32. The molecule has 0 aromatic carbocycles. The van der Waals surface area contributed by atoms with Crippen molar-refractivity contribution in [1.29, 1.82) is 0 Å². The van der Waals surface area contributed by atoms with E-state index in [4.69, 9.17) is 16.3 Å². The van der Waals surface area contributed by atoms with Gasteiger partial charge in [0.1, 0.15) is 0 Å². The van der Waals surface area contributed by atoms with Gasteiger partial charge in [-0.1, -0.05) is 29.3 Å². The molecule has 0 amide bonds. The number of nitrogens with zero attached hydrogens (tertiary/aromatic N) is 3. The van der Waals surface area contributed by atoms with Gasteiger partial charge in [0.25, 0.3) is 0 Å². The Morgan fingerprint density at radius 1 is 1.24 bits per heavy atom. The van der Waals surface area contributed by atoms with Crippen LogP contribution in [0.25, 0.3) is 0 Å². The molecule has 25 heavy (non-hydrogen) atoms. The summed E-state index contributed by atoms with van der Waals surface area (Å²) in [4.78, 5) is 9.35. The van der Waals surface area contributed by atoms with Gasteiger partial charge in [-0.25, -0.2) is 4.98 Å². The van der Waals surface area contributed by atoms with Crippen molar-refractivity contribution in [2.24, 2.45) is 0 Å². The minimum atomic E-state index is 0.316. The number of halogens is 1. The van der Waals surface area contributed by atoms with Crippen molar-refractivity contribution in [2.45, 2.75) is 25.7 Å². The Balaban J connectivity index is 1.41. The smallest absolute Gasteiger partial charge is 0.213 e. The second kappa shape index (κ2) is 8.84. The Hall–Kier alpha value is -1.36. The highest BCUT2D eigenvalue weighted by Crippen LogP contribution is 2.32. The van der Waals surface area contributed by atoms with Crippen LogP contribution in [0.5, 0.6) is 5.88 Å². The molecule has 0 saturated carbocycles. The molecule has 0 radical (unpaired) electrons. The Kier molecular flexibility index (Phi) is 6.51. The third kappa shape index (κ3) is 5.56. The maximum atomic E-state index is 6.21. The molecule has 1 aromatic heterocycles. The molecule has 5 heteroatoms. The van der Waals surface area contributed by atoms with E-state index in [0.717, 1.165) is 57.2 Å². The summed E-state index contributed by atoms with van der Waals surface area (Å²) >= 11 is 6.21. The summed E-state index contributed by atoms with van der Waals surface area (Å²) in [5.74, 6) is 1.02. The molecular weight excluding hydrogens is 334 g/mol. The standard InChI is InChI=1S/C20H28ClN3O/c1-16-12-18(14-19(21)13-16)17-4-5-20(22-15-17)25-11-3-6-24-9-7-23(2)8-10-24/h4-5,12-13,15,18H,3,6-11,14H2,1-2H3. The van der Waals surface area contributed by atoms with Crippen LogP contribution in [-0.2, 0) is 0 Å². The number of ether oxygens (including phenoxy) is 1. The van der Waals surface area contributed by atoms with Crippen molar-refractivity contribution < 1.29 is 4.74 Å². The molecule has 1 aromatic rings. The molecule has 1 aliphatic heterocycles. The number of piperazine rings is 1. The van der Waals surface area contributed by atoms with Gasteiger partial charge >= 0.3 is 0 Å². The second-order valence-corrected chi connectivity index (χ2v) is 7.57. The number of rotatable bonds is 6. The van der Waals surface area contributed by atoms with E-state index in [0.29, 0.717) is 11.8 Å². The van der Waals surface area contributed by atoms with Crippen LogP contribution < -0.4 is 4.74 Å². The topological polar surface area (TPSA) is 28.6 Å². The minimum Gasteiger partial charge on any atom is -0.478 e. The first-order valence-electron chi connectivity index (χ1n) is 9.14. The SMILES string of the molecule is CC1=CC(c2ccc(OCCCN3CCN(C)CC3)nc2)CC(Cl)=C1. The molecule has 1 aliphatic carbocycles. The van der Waals surface area contributed by atoms with Gasteiger partial charge in [0.15, 0.2) is 0 Å². The van der Waals surface area contributed by atoms with Crippen LogP contribution in [0, 0.1) is 0 Å². The van der Waals surface area contributed by atoms with E-state index in [1.165, 1.54) is 11.1 Å². The van der Waals surface area contributed by atoms with Gasteiger partial charge in [-0.05, 0) is 38.5 Å². The zero-order valence-electron chi connectivity index (χ0n) is 15.2. The van der Waals surface area contributed by atoms with Crippen LogP contribution in [-0.4, -0.2) is 61.2 Å². The highest BCUT2D eigenvalue weighted by molar-refractivity contribution is 6.29. The molecule has 1 unspecified atom stereocenters. The summed E-state index contributed by atoms with van der Waals surface area (Å²) in [5, 5.41) is 0.911. The lowest BCUT2D eigenvalue weighted by Crippen LogP contribution is -2.44. The fourth-order valence-electron chi connectivity index (χ4n) is 3.39. The van der Waals surface area contributed by atoms with Crippen LogP contribution in [0.15, 0.2) is 41.1 Å². The fraction of sp³-hybridized carbons (Fsp3) is 0.550. The van der Waals surface area contributed by atoms with E-state index in [1.54, 1.807) is 0 Å². The predicted molar refractivity (Wildman–Crippen MR) is 103 cm³/mol. The average Bonchev–Trinajstić information content (AvgIpc) is 2.60. The van der Waals surface area contributed by atoms with Crippen molar-refractivity contribution in [2.75, 3.05) is 46.4 Å². The highest BCUT2D eigenvalue weighted by Gasteiger charge is 2.15. The Bertz CT molecular complexity index is 618. The summed E-state index contributed by atoms with van der Waals surface area (Å²) in [6.07, 6.45) is 8.09. The van der Waals surface area contributed by atoms with Crippen LogP contribution in [0.2, 0.25) is 0 Å². The molecule has 1 saturated heterocycles. The zero-order chi connectivity index (χ0) is 17.6. The van der Waals surface area contributed by atoms with Crippen LogP contribution in [0.3, 0.4) is 0 Å². The van der Waals surface area contributed by atoms with Crippen LogP contribution in [0.4, 0.5) is 0 Å². The molecule has 136 valence electrons. The third-order valence-corrected chi connectivity index (χ3v) is 5.18. The van der Waals surface area contributed by atoms with Crippen LogP contribution >= 0.6 is 11.6 Å². The monoisotopic (exact) mass is 361 g/mol. The molecule has 1 fully saturated rings. The zero-order valence-corrected chi connectivity index (χ0v) is 16.0. The number of allylic oxidation sites excluding steroid dienone is 4. The first kappa shape index (κ1) is 18.4. The van der Waals surface area contributed by atoms with Crippen molar-refractivity contribution in [1.82, 2.24) is 14.8 Å². The first-order valence-corrected chi connectivity index (χ1v) is 9.52. The quantitative estimate of drug-likeness (QED) is 0.723. The average molecular weight is 362 g/mol. The minimum absolute atomic E-state index is 0.316. The summed E-state index contributed by atoms with van der Waals surface area (Å²) in [6.45, 7) is 8.55. The predicted octanol–water partition coefficient (Wildman–Crippen LogP) is 3.65. The van der Waals surface area contributed by atoms with Crippen molar-refractivity contribution in [3.63, 3.8) is 0 Å². The number of pyridine rings is 1. The Morgan fingerprint density at radius 3 is 2.72 bits per heavy atom. The summed E-state index contributed by atoms with van der Waals surface area (Å²) in [6, 6.07) is 4.08. The normalized spacial score (nSPS) is 22.4. The number of hydrogen-bond donors (Lipinski definition) is 0. The molecule has 3 rings (SSSR count). The van der Waals surface area contributed by atoms with E-state index in [1.807, 2.05) is 18.3 Å². The molecule has 4 nitrogen and oxygen atoms in total. The van der Waals surface area contributed by atoms with Gasteiger partial charge in [0.05, 0.1) is 6.61 Å². The molecule has 0 N–H and O–H groups in total. The summed E-state index contributed by atoms with van der Waals surface area (Å²) < 4.78 is 5.80. The van der Waals surface area contributed by atoms with Gasteiger partial charge in [-0.3, -0.25) is 0 Å². The Morgan fingerprint density at radius 2 is 2.04 bits per heavy atom. The maximum Gasteiger partial charge on any atom is 0.213 e. The molecule has 0 spiro atoms. The van der Waals surface area contributed by atoms with E-state index in [2.05, 4.69) is 40.9 Å². The van der Waals surface area contributed by atoms with Gasteiger partial charge in [-0.2, -0.15) is 0 Å². The molecule has 0 bridgehead atoms. The van der Waals surface area contributed by atoms with Crippen molar-refractivity contribution >= 4 is 11.6 Å². The van der Waals surface area contributed by atoms with Crippen molar-refractivity contribution in [3.05, 3.63) is 46.7 Å². The largest absolute Gasteiger partial charge is 0.478 e. The van der Waals surface area contributed by atoms with Gasteiger partial charge in [-0.15, -0.1) is 0 Å². The van der Waals surface area contributed by atoms with E-state index < -0.39 is 0 Å². The lowest BCUT2D eigenvalue weighted by molar-refractivity contribution is 0.145. The van der Waals surface area contributed by atoms with E-state index >= 15 is 0 Å². The Labute approximate surface area is 156 Å². The van der Waals surface area contributed by atoms with Gasteiger partial charge in [0.2, 0.25) is 5.88 Å². The van der Waals surface area contributed by atoms with Crippen molar-refractivity contribution in [3.8, 4) is 5.88 Å². The number of likely N-dealkylation sites (N-methyl/N-ethyl adjacent to an activating group) is 1. The number of hydrogen-bond acceptors (Lipinski definition) is 4. The maximum absolute atomic E-state index is 6.21. The number of aromatic nitrogens is 1. The first-order chi connectivity index (χ1) is 12.1. The second-order valence-electron chi connectivity index (χ2n) is 7.09. The molecular formula is C20H28ClN3O. The molecule has 2 aliphatic rings. The van der Waals surface area contributed by atoms with E-state index in [-0.39, 0.29) is 0 Å². The lowest BCUT2D eigenvalue weighted by atomic mass is 9.91. The third-order valence-electron chi connectivity index (χ3n) is 4.92. The van der Waals surface area contributed by atoms with Gasteiger partial charge < -0.3 is 14.5 Å². The molecule has 1 atom stereocenters. The van der Waals surface area contributed by atoms with Gasteiger partial charge in [0, 0.05) is 55.9 Å². The molecule has 2 heterocycles. The van der Waals surface area contributed by atoms with Crippen LogP contribution in [0.1, 0.15) is 31.2 Å². The summed E-state index contributed by atoms with van der Waals surface area (Å²) in [5.41, 5.74) is 2.40. The summed E-state index contributed by atoms with van der Waals surface area (Å²) in [7, 11) is 2.18. The fourth-order valence-corrected chi connectivity index (χ4v) is 3.73. The highest BCUT2D eigenvalue weighted by atomic mass is 35.5.